The van der Waals surface area contributed by atoms with Gasteiger partial charge in [0, 0.05) is 71.5 Å². The molecule has 7 rings (SSSR count). The minimum absolute atomic E-state index is 0.206. The van der Waals surface area contributed by atoms with E-state index in [1.165, 1.54) is 19.3 Å². The van der Waals surface area contributed by atoms with Crippen molar-refractivity contribution in [1.29, 1.82) is 0 Å². The molecular weight excluding hydrogens is 1840 g/mol. The normalized spacial score (nSPS) is 13.2. The van der Waals surface area contributed by atoms with Crippen molar-refractivity contribution in [3.8, 4) is 34.5 Å². The highest BCUT2D eigenvalue weighted by atomic mass is 16.6. The molecule has 0 aromatic heterocycles. The summed E-state index contributed by atoms with van der Waals surface area (Å²) < 4.78 is 67.1. The fourth-order valence-corrected chi connectivity index (χ4v) is 16.7. The molecule has 0 bridgehead atoms. The highest BCUT2D eigenvalue weighted by molar-refractivity contribution is 5.95. The molecule has 6 atom stereocenters. The van der Waals surface area contributed by atoms with Gasteiger partial charge in [-0.1, -0.05) is 199 Å². The first kappa shape index (κ1) is 131. The van der Waals surface area contributed by atoms with Crippen molar-refractivity contribution in [3.63, 3.8) is 0 Å². The number of rotatable bonds is 58. The Morgan fingerprint density at radius 2 is 0.510 bits per heavy atom. The molecule has 6 aromatic carbocycles. The first-order chi connectivity index (χ1) is 69.2. The van der Waals surface area contributed by atoms with Gasteiger partial charge in [0.15, 0.2) is 0 Å². The van der Waals surface area contributed by atoms with Gasteiger partial charge in [0.1, 0.15) is 90.8 Å². The van der Waals surface area contributed by atoms with Gasteiger partial charge in [-0.3, -0.25) is 29.4 Å². The summed E-state index contributed by atoms with van der Waals surface area (Å²) in [6.45, 7) is 76.2. The van der Waals surface area contributed by atoms with Gasteiger partial charge < -0.3 is 91.2 Å². The van der Waals surface area contributed by atoms with Crippen molar-refractivity contribution in [2.45, 2.75) is 288 Å². The minimum atomic E-state index is -0.369. The molecule has 145 heavy (non-hydrogen) atoms. The molecule has 0 amide bonds. The van der Waals surface area contributed by atoms with Crippen LogP contribution in [0.3, 0.4) is 0 Å². The molecule has 1 aliphatic rings. The smallest absolute Gasteiger partial charge is 0.341 e. The van der Waals surface area contributed by atoms with Crippen LogP contribution in [0, 0.1) is 35.5 Å². The Kier molecular flexibility index (Phi) is 66.2. The predicted molar refractivity (Wildman–Crippen MR) is 593 cm³/mol. The molecule has 0 saturated carbocycles. The first-order valence-electron chi connectivity index (χ1n) is 53.8. The topological polar surface area (TPSA) is 389 Å². The zero-order chi connectivity index (χ0) is 109. The van der Waals surface area contributed by atoms with E-state index in [-0.39, 0.29) is 72.1 Å². The number of carbonyl (C=O) groups excluding carboxylic acids is 6. The van der Waals surface area contributed by atoms with Crippen LogP contribution in [-0.4, -0.2) is 259 Å². The lowest BCUT2D eigenvalue weighted by Gasteiger charge is -2.36. The summed E-state index contributed by atoms with van der Waals surface area (Å²) >= 11 is 0. The summed E-state index contributed by atoms with van der Waals surface area (Å²) in [5.74, 6) is 3.47. The number of benzene rings is 6. The Hall–Kier alpha value is -10.5. The molecule has 0 aliphatic carbocycles. The van der Waals surface area contributed by atoms with E-state index < -0.39 is 0 Å². The maximum absolute atomic E-state index is 12.6. The number of unbranched alkanes of at least 4 members (excludes halogenated alkanes) is 2. The number of anilines is 6. The van der Waals surface area contributed by atoms with Crippen LogP contribution in [0.25, 0.3) is 0 Å². The van der Waals surface area contributed by atoms with E-state index >= 15 is 0 Å². The quantitative estimate of drug-likeness (QED) is 0.00894. The fourth-order valence-electron chi connectivity index (χ4n) is 16.7. The Bertz CT molecular complexity index is 4590. The molecule has 30 heteroatoms. The van der Waals surface area contributed by atoms with Crippen molar-refractivity contribution in [3.05, 3.63) is 143 Å². The summed E-state index contributed by atoms with van der Waals surface area (Å²) in [5.41, 5.74) is 41.1. The van der Waals surface area contributed by atoms with Crippen LogP contribution in [0.15, 0.2) is 109 Å². The second-order valence-electron chi connectivity index (χ2n) is 38.2. The van der Waals surface area contributed by atoms with Crippen LogP contribution < -0.4 is 62.8 Å². The zero-order valence-corrected chi connectivity index (χ0v) is 94.2. The standard InChI is InChI=1S/2C20H34N2O3.C19H30N2O3.2C19H32N2O3.C18H30N2O3/c1-6-9-12-24-19-13-16(21)10-11-17(19)20(23)25-14-18(15(4)5)22(7-2)8-3;1-6-9-12-24-19-13-16(10-11-17(19)21)20(23)25-14-18(15(4)5)22(7-2)8-3;1-4-23-18-12-15(8-9-16(18)20)19(22)24-13-17(14(2)3)21-10-6-5-7-11-21;1-6-11-23-18-12-15(20)9-10-16(18)19(22)24-13-17(14(4)5)21(7-2)8-3;1-6-11-23-18-12-15(9-10-16(18)20)19(22)24-13-17(14(4)5)21(7-2)8-3;1-6-20(7-2)16(13(4)5)12-23-18(21)15-10-9-14(19)11-17(15)22-8-3/h2*10-11,13,15,18H,6-9,12,14,21H2,1-5H3;8-9,12,14,17H,4-7,10-11,13,20H2,1-3H3;2*9-10,12,14,17H,6-8,11,13,20H2,1-5H3;9-11,13,16H,6-8,12,19H2,1-5H3/t2*18-;3*17-;16-/m111111/s1. The van der Waals surface area contributed by atoms with Crippen molar-refractivity contribution in [2.75, 3.05) is 192 Å². The van der Waals surface area contributed by atoms with Crippen LogP contribution in [0.5, 0.6) is 34.5 Å². The average molecular weight is 2030 g/mol. The zero-order valence-electron chi connectivity index (χ0n) is 94.2. The first-order valence-corrected chi connectivity index (χ1v) is 53.8. The van der Waals surface area contributed by atoms with E-state index in [0.29, 0.717) is 217 Å². The Labute approximate surface area is 873 Å². The number of likely N-dealkylation sites (N-methyl/N-ethyl adjacent to an activating group) is 5. The van der Waals surface area contributed by atoms with E-state index in [0.717, 1.165) is 117 Å². The van der Waals surface area contributed by atoms with Crippen LogP contribution in [0.1, 0.15) is 314 Å². The number of likely N-dealkylation sites (tertiary alicyclic amines) is 1. The van der Waals surface area contributed by atoms with Crippen molar-refractivity contribution < 1.29 is 85.6 Å². The van der Waals surface area contributed by atoms with Gasteiger partial charge in [0.25, 0.3) is 0 Å². The van der Waals surface area contributed by atoms with E-state index in [2.05, 4.69) is 196 Å². The molecule has 30 nitrogen and oxygen atoms in total. The van der Waals surface area contributed by atoms with Gasteiger partial charge in [0.2, 0.25) is 0 Å². The van der Waals surface area contributed by atoms with Gasteiger partial charge in [-0.05, 0) is 257 Å². The number of nitrogens with two attached hydrogens (primary N) is 6. The number of esters is 6. The number of piperidine rings is 1. The largest absolute Gasteiger partial charge is 0.493 e. The molecule has 820 valence electrons. The highest BCUT2D eigenvalue weighted by Crippen LogP contribution is 2.32. The monoisotopic (exact) mass is 2030 g/mol. The SMILES string of the molecule is CCCCOc1cc(C(=O)OC[C@H](C(C)C)N(CC)CC)ccc1N.CCCCOc1cc(N)ccc1C(=O)OC[C@H](C(C)C)N(CC)CC.CCCOc1cc(C(=O)OC[C@H](C(C)C)N(CC)CC)ccc1N.CCCOc1cc(N)ccc1C(=O)OC[C@H](C(C)C)N(CC)CC.CCOc1cc(C(=O)OC[C@H](C(C)C)N2CCCCC2)ccc1N.CCOc1cc(N)ccc1C(=O)OC[C@H](C(C)C)N(CC)CC. The van der Waals surface area contributed by atoms with Crippen LogP contribution in [-0.2, 0) is 28.4 Å². The molecule has 6 aromatic rings. The fraction of sp³-hybridized carbons (Fsp3) is 0.635. The Morgan fingerprint density at radius 3 is 0.766 bits per heavy atom. The third kappa shape index (κ3) is 47.1. The van der Waals surface area contributed by atoms with Crippen LogP contribution >= 0.6 is 0 Å². The lowest BCUT2D eigenvalue weighted by Crippen LogP contribution is -2.45. The predicted octanol–water partition coefficient (Wildman–Crippen LogP) is 21.6. The Morgan fingerprint density at radius 1 is 0.269 bits per heavy atom. The van der Waals surface area contributed by atoms with Crippen molar-refractivity contribution >= 4 is 69.9 Å². The Balaban J connectivity index is 0.000000588. The van der Waals surface area contributed by atoms with Gasteiger partial charge in [-0.15, -0.1) is 0 Å². The minimum Gasteiger partial charge on any atom is -0.493 e. The highest BCUT2D eigenvalue weighted by Gasteiger charge is 2.31. The number of hydrogen-bond donors (Lipinski definition) is 6. The number of carbonyl (C=O) groups is 6. The van der Waals surface area contributed by atoms with Crippen LogP contribution in [0.2, 0.25) is 0 Å². The van der Waals surface area contributed by atoms with Gasteiger partial charge >= 0.3 is 35.8 Å². The molecule has 0 unspecified atom stereocenters. The summed E-state index contributed by atoms with van der Waals surface area (Å²) in [6, 6.07) is 31.6. The van der Waals surface area contributed by atoms with Crippen LogP contribution in [0.4, 0.5) is 34.1 Å². The van der Waals surface area contributed by atoms with Gasteiger partial charge in [-0.2, -0.15) is 0 Å². The lowest BCUT2D eigenvalue weighted by atomic mass is 10.00. The van der Waals surface area contributed by atoms with Gasteiger partial charge in [-0.25, -0.2) is 28.8 Å². The second kappa shape index (κ2) is 73.6. The number of nitrogen functional groups attached to an aromatic ring is 6. The maximum atomic E-state index is 12.6. The number of ether oxygens (including phenoxy) is 12. The lowest BCUT2D eigenvalue weighted by molar-refractivity contribution is 0.0230. The van der Waals surface area contributed by atoms with E-state index in [4.69, 9.17) is 91.2 Å². The molecule has 1 saturated heterocycles. The maximum Gasteiger partial charge on any atom is 0.341 e. The third-order valence-corrected chi connectivity index (χ3v) is 25.7. The molecule has 1 heterocycles. The summed E-state index contributed by atoms with van der Waals surface area (Å²) in [4.78, 5) is 88.7. The molecule has 12 N–H and O–H groups in total. The van der Waals surface area contributed by atoms with Gasteiger partial charge in [0.05, 0.1) is 73.4 Å². The third-order valence-electron chi connectivity index (χ3n) is 25.7. The summed E-state index contributed by atoms with van der Waals surface area (Å²) in [6.07, 6.45) is 9.46. The molecule has 1 aliphatic heterocycles. The second-order valence-corrected chi connectivity index (χ2v) is 38.2. The van der Waals surface area contributed by atoms with Crippen molar-refractivity contribution in [2.24, 2.45) is 35.5 Å². The average Bonchev–Trinajstić information content (AvgIpc) is 0.852. The summed E-state index contributed by atoms with van der Waals surface area (Å²) in [5, 5.41) is 0. The van der Waals surface area contributed by atoms with E-state index in [9.17, 15) is 28.8 Å². The number of hydrogen-bond acceptors (Lipinski definition) is 30. The van der Waals surface area contributed by atoms with E-state index in [1.807, 2.05) is 27.7 Å². The molecule has 0 spiro atoms. The molecular formula is C115H192N12O18. The van der Waals surface area contributed by atoms with E-state index in [1.54, 1.807) is 109 Å². The molecule has 0 radical (unpaired) electrons. The van der Waals surface area contributed by atoms with Crippen molar-refractivity contribution in [1.82, 2.24) is 29.4 Å². The summed E-state index contributed by atoms with van der Waals surface area (Å²) in [7, 11) is 0. The molecule has 1 fully saturated rings. The number of nitrogens with zero attached hydrogens (tertiary/aromatic N) is 6.